The summed E-state index contributed by atoms with van der Waals surface area (Å²) in [6.07, 6.45) is 11.7. The average Bonchev–Trinajstić information content (AvgIpc) is 2.79. The Balaban J connectivity index is 1.28. The Morgan fingerprint density at radius 3 is 2.31 bits per heavy atom. The maximum absolute atomic E-state index is 13.1. The quantitative estimate of drug-likeness (QED) is 0.773. The topological polar surface area (TPSA) is 55.8 Å². The summed E-state index contributed by atoms with van der Waals surface area (Å²) in [6, 6.07) is 0.698. The van der Waals surface area contributed by atoms with Crippen LogP contribution in [0.4, 0.5) is 11.5 Å². The molecule has 4 rings (SSSR count). The van der Waals surface area contributed by atoms with Gasteiger partial charge in [-0.05, 0) is 51.6 Å². The van der Waals surface area contributed by atoms with E-state index < -0.39 is 0 Å². The highest BCUT2D eigenvalue weighted by Crippen LogP contribution is 2.30. The molecule has 160 valence electrons. The lowest BCUT2D eigenvalue weighted by Gasteiger charge is -2.42. The third kappa shape index (κ3) is 4.65. The summed E-state index contributed by atoms with van der Waals surface area (Å²) in [5.74, 6) is 1.51. The number of hydrogen-bond acceptors (Lipinski definition) is 6. The van der Waals surface area contributed by atoms with Gasteiger partial charge in [0.2, 0.25) is 5.91 Å². The molecule has 3 aliphatic rings. The molecule has 29 heavy (non-hydrogen) atoms. The molecule has 7 nitrogen and oxygen atoms in total. The van der Waals surface area contributed by atoms with E-state index in [1.807, 2.05) is 25.2 Å². The van der Waals surface area contributed by atoms with Crippen molar-refractivity contribution in [3.8, 4) is 0 Å². The van der Waals surface area contributed by atoms with Crippen molar-refractivity contribution in [1.29, 1.82) is 0 Å². The van der Waals surface area contributed by atoms with Crippen LogP contribution in [-0.2, 0) is 4.79 Å². The number of carbonyl (C=O) groups is 1. The average molecular weight is 401 g/mol. The minimum atomic E-state index is 0.172. The van der Waals surface area contributed by atoms with E-state index >= 15 is 0 Å². The molecular formula is C22H36N6O. The predicted molar refractivity (Wildman–Crippen MR) is 116 cm³/mol. The molecule has 0 saturated carbocycles. The lowest BCUT2D eigenvalue weighted by Crippen LogP contribution is -2.50. The first-order valence-corrected chi connectivity index (χ1v) is 11.4. The molecule has 3 aliphatic heterocycles. The summed E-state index contributed by atoms with van der Waals surface area (Å²) < 4.78 is 0. The molecule has 1 amide bonds. The number of nitrogens with zero attached hydrogens (tertiary/aromatic N) is 6. The zero-order valence-electron chi connectivity index (χ0n) is 18.1. The molecule has 3 fully saturated rings. The van der Waals surface area contributed by atoms with Gasteiger partial charge in [-0.2, -0.15) is 0 Å². The number of aromatic nitrogens is 2. The summed E-state index contributed by atoms with van der Waals surface area (Å²) in [4.78, 5) is 30.9. The molecule has 0 atom stereocenters. The van der Waals surface area contributed by atoms with Crippen molar-refractivity contribution in [3.05, 3.63) is 12.5 Å². The molecule has 0 N–H and O–H groups in total. The fourth-order valence-electron chi connectivity index (χ4n) is 5.24. The first-order valence-electron chi connectivity index (χ1n) is 11.4. The number of amides is 1. The summed E-state index contributed by atoms with van der Waals surface area (Å²) >= 11 is 0. The van der Waals surface area contributed by atoms with Crippen LogP contribution in [0.3, 0.4) is 0 Å². The molecule has 7 heteroatoms. The second-order valence-corrected chi connectivity index (χ2v) is 9.04. The normalized spacial score (nSPS) is 22.7. The second kappa shape index (κ2) is 9.28. The Bertz CT molecular complexity index is 674. The number of piperidine rings is 3. The van der Waals surface area contributed by atoms with Crippen LogP contribution in [0.2, 0.25) is 0 Å². The van der Waals surface area contributed by atoms with Gasteiger partial charge in [-0.15, -0.1) is 0 Å². The predicted octanol–water partition coefficient (Wildman–Crippen LogP) is 2.24. The van der Waals surface area contributed by atoms with Crippen molar-refractivity contribution in [2.75, 3.05) is 63.2 Å². The van der Waals surface area contributed by atoms with Crippen molar-refractivity contribution in [1.82, 2.24) is 19.8 Å². The van der Waals surface area contributed by atoms with Gasteiger partial charge in [0.05, 0.1) is 11.9 Å². The van der Waals surface area contributed by atoms with E-state index in [-0.39, 0.29) is 5.92 Å². The van der Waals surface area contributed by atoms with Gasteiger partial charge in [-0.1, -0.05) is 6.42 Å². The Hall–Kier alpha value is -1.89. The van der Waals surface area contributed by atoms with E-state index in [0.717, 1.165) is 63.4 Å². The molecule has 0 radical (unpaired) electrons. The Labute approximate surface area is 175 Å². The van der Waals surface area contributed by atoms with E-state index in [1.165, 1.54) is 32.4 Å². The summed E-state index contributed by atoms with van der Waals surface area (Å²) in [6.45, 7) is 6.20. The van der Waals surface area contributed by atoms with Gasteiger partial charge >= 0.3 is 0 Å². The van der Waals surface area contributed by atoms with Gasteiger partial charge in [0.25, 0.3) is 0 Å². The highest BCUT2D eigenvalue weighted by molar-refractivity contribution is 5.79. The van der Waals surface area contributed by atoms with E-state index in [1.54, 1.807) is 6.33 Å². The molecule has 0 spiro atoms. The summed E-state index contributed by atoms with van der Waals surface area (Å²) in [7, 11) is 4.02. The van der Waals surface area contributed by atoms with Gasteiger partial charge in [0.1, 0.15) is 6.33 Å². The van der Waals surface area contributed by atoms with Crippen molar-refractivity contribution in [3.63, 3.8) is 0 Å². The van der Waals surface area contributed by atoms with Gasteiger partial charge in [-0.3, -0.25) is 4.79 Å². The van der Waals surface area contributed by atoms with Gasteiger partial charge in [-0.25, -0.2) is 9.97 Å². The van der Waals surface area contributed by atoms with Crippen molar-refractivity contribution >= 4 is 17.4 Å². The summed E-state index contributed by atoms with van der Waals surface area (Å²) in [5, 5.41) is 0. The molecular weight excluding hydrogens is 364 g/mol. The molecule has 3 saturated heterocycles. The Morgan fingerprint density at radius 2 is 1.66 bits per heavy atom. The summed E-state index contributed by atoms with van der Waals surface area (Å²) in [5.41, 5.74) is 1.07. The van der Waals surface area contributed by atoms with Crippen LogP contribution in [0, 0.1) is 5.92 Å². The third-order valence-corrected chi connectivity index (χ3v) is 6.96. The highest BCUT2D eigenvalue weighted by atomic mass is 16.2. The minimum Gasteiger partial charge on any atom is -0.367 e. The fourth-order valence-corrected chi connectivity index (χ4v) is 5.24. The van der Waals surface area contributed by atoms with Crippen LogP contribution in [0.25, 0.3) is 0 Å². The number of anilines is 2. The third-order valence-electron chi connectivity index (χ3n) is 6.96. The Kier molecular flexibility index (Phi) is 6.53. The van der Waals surface area contributed by atoms with E-state index in [4.69, 9.17) is 0 Å². The number of rotatable bonds is 4. The van der Waals surface area contributed by atoms with Crippen LogP contribution >= 0.6 is 0 Å². The van der Waals surface area contributed by atoms with E-state index in [2.05, 4.69) is 24.7 Å². The van der Waals surface area contributed by atoms with Crippen LogP contribution in [0.15, 0.2) is 12.5 Å². The van der Waals surface area contributed by atoms with Crippen LogP contribution < -0.4 is 9.80 Å². The monoisotopic (exact) mass is 400 g/mol. The fraction of sp³-hybridized carbons (Fsp3) is 0.773. The standard InChI is InChI=1S/C22H36N6O/c1-25(2)21-20(16-23-17-24-21)27-12-6-18(7-13-27)22(29)28-14-8-19(9-15-28)26-10-4-3-5-11-26/h16-19H,3-15H2,1-2H3. The molecule has 1 aromatic heterocycles. The van der Waals surface area contributed by atoms with Crippen molar-refractivity contribution in [2.24, 2.45) is 5.92 Å². The van der Waals surface area contributed by atoms with Gasteiger partial charge in [0.15, 0.2) is 5.82 Å². The first-order chi connectivity index (χ1) is 14.1. The molecule has 0 aliphatic carbocycles. The molecule has 1 aromatic rings. The zero-order valence-corrected chi connectivity index (χ0v) is 18.1. The minimum absolute atomic E-state index is 0.172. The molecule has 0 bridgehead atoms. The van der Waals surface area contributed by atoms with Crippen LogP contribution in [0.1, 0.15) is 44.9 Å². The zero-order chi connectivity index (χ0) is 20.2. The lowest BCUT2D eigenvalue weighted by atomic mass is 9.93. The molecule has 0 aromatic carbocycles. The van der Waals surface area contributed by atoms with Crippen LogP contribution in [0.5, 0.6) is 0 Å². The number of hydrogen-bond donors (Lipinski definition) is 0. The smallest absolute Gasteiger partial charge is 0.225 e. The molecule has 4 heterocycles. The number of carbonyl (C=O) groups excluding carboxylic acids is 1. The lowest BCUT2D eigenvalue weighted by molar-refractivity contribution is -0.137. The van der Waals surface area contributed by atoms with E-state index in [0.29, 0.717) is 11.9 Å². The highest BCUT2D eigenvalue weighted by Gasteiger charge is 2.33. The Morgan fingerprint density at radius 1 is 0.966 bits per heavy atom. The van der Waals surface area contributed by atoms with E-state index in [9.17, 15) is 4.79 Å². The number of likely N-dealkylation sites (tertiary alicyclic amines) is 2. The van der Waals surface area contributed by atoms with Gasteiger partial charge in [0, 0.05) is 52.2 Å². The SMILES string of the molecule is CN(C)c1ncncc1N1CCC(C(=O)N2CCC(N3CCCCC3)CC2)CC1. The van der Waals surface area contributed by atoms with Gasteiger partial charge < -0.3 is 19.6 Å². The molecule has 0 unspecified atom stereocenters. The first kappa shape index (κ1) is 20.4. The van der Waals surface area contributed by atoms with Crippen LogP contribution in [-0.4, -0.2) is 85.1 Å². The van der Waals surface area contributed by atoms with Crippen molar-refractivity contribution < 1.29 is 4.79 Å². The maximum Gasteiger partial charge on any atom is 0.225 e. The maximum atomic E-state index is 13.1. The second-order valence-electron chi connectivity index (χ2n) is 9.04. The van der Waals surface area contributed by atoms with Crippen molar-refractivity contribution in [2.45, 2.75) is 51.0 Å². The largest absolute Gasteiger partial charge is 0.367 e.